The van der Waals surface area contributed by atoms with Gasteiger partial charge in [-0.2, -0.15) is 0 Å². The van der Waals surface area contributed by atoms with E-state index in [-0.39, 0.29) is 40.2 Å². The molecule has 1 atom stereocenters. The Morgan fingerprint density at radius 1 is 1.10 bits per heavy atom. The van der Waals surface area contributed by atoms with E-state index in [9.17, 15) is 14.4 Å². The van der Waals surface area contributed by atoms with Gasteiger partial charge >= 0.3 is 0 Å². The van der Waals surface area contributed by atoms with Gasteiger partial charge in [0.1, 0.15) is 0 Å². The molecule has 2 N–H and O–H groups in total. The van der Waals surface area contributed by atoms with Crippen LogP contribution in [0.15, 0.2) is 0 Å². The van der Waals surface area contributed by atoms with Gasteiger partial charge in [-0.05, 0) is 48.7 Å². The molecule has 0 saturated carbocycles. The van der Waals surface area contributed by atoms with Crippen LogP contribution in [0.3, 0.4) is 0 Å². The molecule has 1 aliphatic rings. The molecule has 0 aliphatic carbocycles. The van der Waals surface area contributed by atoms with E-state index in [1.807, 2.05) is 20.8 Å². The Morgan fingerprint density at radius 2 is 1.77 bits per heavy atom. The van der Waals surface area contributed by atoms with E-state index in [0.717, 1.165) is 37.1 Å². The Bertz CT molecular complexity index is 620. The van der Waals surface area contributed by atoms with E-state index in [2.05, 4.69) is 26.1 Å². The van der Waals surface area contributed by atoms with E-state index < -0.39 is 0 Å². The summed E-state index contributed by atoms with van der Waals surface area (Å²) in [6.07, 6.45) is 4.65. The van der Waals surface area contributed by atoms with Crippen LogP contribution in [0.1, 0.15) is 86.5 Å². The Labute approximate surface area is 186 Å². The van der Waals surface area contributed by atoms with Crippen LogP contribution in [0.25, 0.3) is 0 Å². The minimum Gasteiger partial charge on any atom is -0.356 e. The Kier molecular flexibility index (Phi) is 10.5. The van der Waals surface area contributed by atoms with Gasteiger partial charge in [-0.3, -0.25) is 19.3 Å². The summed E-state index contributed by atoms with van der Waals surface area (Å²) >= 11 is 1.52. The molecule has 1 saturated heterocycles. The number of carbonyl (C=O) groups excluding carboxylic acids is 3. The zero-order valence-corrected chi connectivity index (χ0v) is 20.5. The summed E-state index contributed by atoms with van der Waals surface area (Å²) in [5, 5.41) is 10.7. The lowest BCUT2D eigenvalue weighted by atomic mass is 9.88. The van der Waals surface area contributed by atoms with Crippen molar-refractivity contribution in [3.63, 3.8) is 0 Å². The molecule has 0 aromatic heterocycles. The molecule has 0 bridgehead atoms. The highest BCUT2D eigenvalue weighted by molar-refractivity contribution is 8.00. The number of likely N-dealkylation sites (tertiary alicyclic amines) is 1. The lowest BCUT2D eigenvalue weighted by Gasteiger charge is -2.19. The van der Waals surface area contributed by atoms with Crippen molar-refractivity contribution >= 4 is 35.2 Å². The van der Waals surface area contributed by atoms with Crippen LogP contribution in [-0.4, -0.2) is 52.4 Å². The highest BCUT2D eigenvalue weighted by atomic mass is 32.2. The highest BCUT2D eigenvalue weighted by Gasteiger charge is 2.38. The normalized spacial score (nSPS) is 17.5. The third kappa shape index (κ3) is 10.1. The number of nitrogens with zero attached hydrogens (tertiary/aromatic N) is 1. The molecular weight excluding hydrogens is 398 g/mol. The standard InChI is InChI=1S/C23H41N3O3S/c1-22(2,3)12-9-13-25-19(27)11-7-14-26-20(28)16-17(21(26)29)30-15-8-10-18(24)23(4,5)6/h17,24H,7-16H2,1-6H3,(H,25,27). The zero-order chi connectivity index (χ0) is 22.9. The van der Waals surface area contributed by atoms with Gasteiger partial charge in [-0.15, -0.1) is 11.8 Å². The van der Waals surface area contributed by atoms with Gasteiger partial charge in [0.2, 0.25) is 17.7 Å². The molecule has 1 heterocycles. The smallest absolute Gasteiger partial charge is 0.242 e. The number of thioether (sulfide) groups is 1. The van der Waals surface area contributed by atoms with Gasteiger partial charge in [0, 0.05) is 31.6 Å². The molecule has 1 fully saturated rings. The second-order valence-corrected chi connectivity index (χ2v) is 11.7. The van der Waals surface area contributed by atoms with E-state index >= 15 is 0 Å². The minimum absolute atomic E-state index is 0.0183. The lowest BCUT2D eigenvalue weighted by Crippen LogP contribution is -2.33. The largest absolute Gasteiger partial charge is 0.356 e. The Hall–Kier alpha value is -1.37. The number of rotatable bonds is 12. The third-order valence-electron chi connectivity index (χ3n) is 5.21. The quantitative estimate of drug-likeness (QED) is 0.268. The summed E-state index contributed by atoms with van der Waals surface area (Å²) in [4.78, 5) is 38.0. The number of hydrogen-bond acceptors (Lipinski definition) is 5. The molecule has 30 heavy (non-hydrogen) atoms. The second-order valence-electron chi connectivity index (χ2n) is 10.4. The fourth-order valence-corrected chi connectivity index (χ4v) is 4.33. The molecule has 0 aromatic rings. The topological polar surface area (TPSA) is 90.3 Å². The summed E-state index contributed by atoms with van der Waals surface area (Å²) in [6.45, 7) is 13.6. The Morgan fingerprint density at radius 3 is 2.37 bits per heavy atom. The highest BCUT2D eigenvalue weighted by Crippen LogP contribution is 2.27. The van der Waals surface area contributed by atoms with Crippen LogP contribution in [0.2, 0.25) is 0 Å². The summed E-state index contributed by atoms with van der Waals surface area (Å²) < 4.78 is 0. The molecule has 0 spiro atoms. The van der Waals surface area contributed by atoms with Gasteiger partial charge in [-0.25, -0.2) is 0 Å². The van der Waals surface area contributed by atoms with Gasteiger partial charge in [0.15, 0.2) is 0 Å². The van der Waals surface area contributed by atoms with Crippen molar-refractivity contribution in [2.24, 2.45) is 10.8 Å². The van der Waals surface area contributed by atoms with Crippen molar-refractivity contribution in [2.75, 3.05) is 18.8 Å². The average molecular weight is 440 g/mol. The van der Waals surface area contributed by atoms with Gasteiger partial charge in [0.25, 0.3) is 0 Å². The van der Waals surface area contributed by atoms with Crippen LogP contribution >= 0.6 is 11.8 Å². The molecule has 0 aromatic carbocycles. The lowest BCUT2D eigenvalue weighted by molar-refractivity contribution is -0.138. The van der Waals surface area contributed by atoms with Crippen LogP contribution < -0.4 is 5.32 Å². The van der Waals surface area contributed by atoms with Gasteiger partial charge in [-0.1, -0.05) is 41.5 Å². The first-order valence-corrected chi connectivity index (χ1v) is 12.2. The minimum atomic E-state index is -0.312. The van der Waals surface area contributed by atoms with Crippen molar-refractivity contribution in [1.82, 2.24) is 10.2 Å². The van der Waals surface area contributed by atoms with Crippen molar-refractivity contribution in [1.29, 1.82) is 5.41 Å². The maximum Gasteiger partial charge on any atom is 0.242 e. The number of hydrogen-bond donors (Lipinski definition) is 2. The molecule has 6 nitrogen and oxygen atoms in total. The molecular formula is C23H41N3O3S. The first-order chi connectivity index (χ1) is 13.8. The zero-order valence-electron chi connectivity index (χ0n) is 19.7. The van der Waals surface area contributed by atoms with Crippen LogP contribution in [0.4, 0.5) is 0 Å². The van der Waals surface area contributed by atoms with E-state index in [0.29, 0.717) is 25.9 Å². The van der Waals surface area contributed by atoms with Crippen molar-refractivity contribution in [3.05, 3.63) is 0 Å². The van der Waals surface area contributed by atoms with Crippen LogP contribution in [0, 0.1) is 16.2 Å². The fraction of sp³-hybridized carbons (Fsp3) is 0.826. The van der Waals surface area contributed by atoms with Crippen molar-refractivity contribution in [2.45, 2.75) is 91.7 Å². The summed E-state index contributed by atoms with van der Waals surface area (Å²) in [5.41, 5.74) is 0.874. The number of carbonyl (C=O) groups is 3. The maximum absolute atomic E-state index is 12.5. The first kappa shape index (κ1) is 26.7. The third-order valence-corrected chi connectivity index (χ3v) is 6.50. The molecule has 1 unspecified atom stereocenters. The van der Waals surface area contributed by atoms with E-state index in [4.69, 9.17) is 5.41 Å². The fourth-order valence-electron chi connectivity index (χ4n) is 3.20. The van der Waals surface area contributed by atoms with Gasteiger partial charge in [0.05, 0.1) is 5.25 Å². The first-order valence-electron chi connectivity index (χ1n) is 11.1. The predicted octanol–water partition coefficient (Wildman–Crippen LogP) is 4.42. The van der Waals surface area contributed by atoms with E-state index in [1.165, 1.54) is 16.7 Å². The number of amides is 3. The van der Waals surface area contributed by atoms with Crippen molar-refractivity contribution in [3.8, 4) is 0 Å². The van der Waals surface area contributed by atoms with Crippen molar-refractivity contribution < 1.29 is 14.4 Å². The predicted molar refractivity (Wildman–Crippen MR) is 125 cm³/mol. The molecule has 1 aliphatic heterocycles. The maximum atomic E-state index is 12.5. The average Bonchev–Trinajstić information content (AvgIpc) is 2.88. The SMILES string of the molecule is CC(C)(C)CCCNC(=O)CCCN1C(=O)CC(SCCCC(=N)C(C)(C)C)C1=O. The monoisotopic (exact) mass is 439 g/mol. The summed E-state index contributed by atoms with van der Waals surface area (Å²) in [6, 6.07) is 0. The number of imide groups is 1. The molecule has 0 radical (unpaired) electrons. The Balaban J connectivity index is 2.25. The molecule has 7 heteroatoms. The molecule has 172 valence electrons. The van der Waals surface area contributed by atoms with E-state index in [1.54, 1.807) is 0 Å². The van der Waals surface area contributed by atoms with Crippen LogP contribution in [0.5, 0.6) is 0 Å². The van der Waals surface area contributed by atoms with Gasteiger partial charge < -0.3 is 10.7 Å². The second kappa shape index (κ2) is 11.9. The molecule has 1 rings (SSSR count). The van der Waals surface area contributed by atoms with Crippen LogP contribution in [-0.2, 0) is 14.4 Å². The summed E-state index contributed by atoms with van der Waals surface area (Å²) in [7, 11) is 0. The number of nitrogens with one attached hydrogen (secondary N) is 2. The summed E-state index contributed by atoms with van der Waals surface area (Å²) in [5.74, 6) is 0.495. The molecule has 3 amide bonds.